The van der Waals surface area contributed by atoms with E-state index in [2.05, 4.69) is 13.8 Å². The Morgan fingerprint density at radius 2 is 2.00 bits per heavy atom. The fraction of sp³-hybridized carbons (Fsp3) is 0.556. The summed E-state index contributed by atoms with van der Waals surface area (Å²) in [5.74, 6) is 0. The third-order valence-electron chi connectivity index (χ3n) is 2.07. The van der Waals surface area contributed by atoms with Gasteiger partial charge >= 0.3 is 7.12 Å². The zero-order valence-corrected chi connectivity index (χ0v) is 7.95. The summed E-state index contributed by atoms with van der Waals surface area (Å²) in [7, 11) is -0.244. The van der Waals surface area contributed by atoms with Gasteiger partial charge in [-0.2, -0.15) is 0 Å². The quantitative estimate of drug-likeness (QED) is 0.605. The summed E-state index contributed by atoms with van der Waals surface area (Å²) in [5.41, 5.74) is 1.08. The highest BCUT2D eigenvalue weighted by molar-refractivity contribution is 6.61. The molecule has 0 amide bonds. The number of rotatable bonds is 1. The standard InChI is InChI=1S/C9H13BO3/c1-9(2)6-12-10(13-7-9)8-3-4-11-5-8/h3-5H,6-7H2,1-2H3. The van der Waals surface area contributed by atoms with Crippen molar-refractivity contribution in [1.82, 2.24) is 0 Å². The van der Waals surface area contributed by atoms with Gasteiger partial charge in [-0.3, -0.25) is 0 Å². The van der Waals surface area contributed by atoms with Crippen LogP contribution in [0.3, 0.4) is 0 Å². The molecule has 1 aromatic heterocycles. The maximum Gasteiger partial charge on any atom is 0.497 e. The van der Waals surface area contributed by atoms with Crippen LogP contribution in [0.4, 0.5) is 0 Å². The lowest BCUT2D eigenvalue weighted by Crippen LogP contribution is -2.46. The van der Waals surface area contributed by atoms with E-state index in [1.807, 2.05) is 6.07 Å². The first-order valence-corrected chi connectivity index (χ1v) is 4.43. The molecule has 1 aliphatic rings. The van der Waals surface area contributed by atoms with Crippen LogP contribution in [0, 0.1) is 5.41 Å². The topological polar surface area (TPSA) is 31.6 Å². The highest BCUT2D eigenvalue weighted by Crippen LogP contribution is 2.21. The Morgan fingerprint density at radius 3 is 2.54 bits per heavy atom. The summed E-state index contributed by atoms with van der Waals surface area (Å²) in [6.07, 6.45) is 3.28. The van der Waals surface area contributed by atoms with Gasteiger partial charge in [0.25, 0.3) is 0 Å². The van der Waals surface area contributed by atoms with E-state index in [0.717, 1.165) is 18.7 Å². The van der Waals surface area contributed by atoms with Crippen molar-refractivity contribution in [1.29, 1.82) is 0 Å². The van der Waals surface area contributed by atoms with Crippen molar-refractivity contribution in [2.75, 3.05) is 13.2 Å². The molecule has 0 radical (unpaired) electrons. The van der Waals surface area contributed by atoms with E-state index in [4.69, 9.17) is 13.7 Å². The lowest BCUT2D eigenvalue weighted by Gasteiger charge is -2.32. The minimum absolute atomic E-state index is 0.125. The lowest BCUT2D eigenvalue weighted by atomic mass is 9.78. The monoisotopic (exact) mass is 180 g/mol. The Labute approximate surface area is 78.2 Å². The fourth-order valence-corrected chi connectivity index (χ4v) is 1.29. The summed E-state index contributed by atoms with van der Waals surface area (Å²) in [6.45, 7) is 5.70. The van der Waals surface area contributed by atoms with Crippen molar-refractivity contribution in [2.45, 2.75) is 13.8 Å². The van der Waals surface area contributed by atoms with Crippen LogP contribution in [0.15, 0.2) is 23.0 Å². The minimum Gasteiger partial charge on any atom is -0.473 e. The number of hydrogen-bond acceptors (Lipinski definition) is 3. The molecule has 1 saturated heterocycles. The molecule has 0 saturated carbocycles. The molecular weight excluding hydrogens is 167 g/mol. The summed E-state index contributed by atoms with van der Waals surface area (Å²) >= 11 is 0. The third-order valence-corrected chi connectivity index (χ3v) is 2.07. The Balaban J connectivity index is 1.99. The molecule has 0 aromatic carbocycles. The zero-order valence-electron chi connectivity index (χ0n) is 7.95. The average Bonchev–Trinajstić information content (AvgIpc) is 2.56. The predicted octanol–water partition coefficient (Wildman–Crippen LogP) is 1.05. The summed E-state index contributed by atoms with van der Waals surface area (Å²) in [5, 5.41) is 0. The van der Waals surface area contributed by atoms with Gasteiger partial charge in [0.2, 0.25) is 0 Å². The van der Waals surface area contributed by atoms with E-state index in [1.54, 1.807) is 12.5 Å². The second-order valence-corrected chi connectivity index (χ2v) is 4.17. The van der Waals surface area contributed by atoms with E-state index >= 15 is 0 Å². The molecule has 13 heavy (non-hydrogen) atoms. The average molecular weight is 180 g/mol. The van der Waals surface area contributed by atoms with Gasteiger partial charge < -0.3 is 13.7 Å². The van der Waals surface area contributed by atoms with Crippen molar-refractivity contribution < 1.29 is 13.7 Å². The second kappa shape index (κ2) is 3.20. The number of hydrogen-bond donors (Lipinski definition) is 0. The van der Waals surface area contributed by atoms with E-state index in [9.17, 15) is 0 Å². The van der Waals surface area contributed by atoms with Crippen LogP contribution in [0.5, 0.6) is 0 Å². The summed E-state index contributed by atoms with van der Waals surface area (Å²) < 4.78 is 16.1. The van der Waals surface area contributed by atoms with Gasteiger partial charge in [0, 0.05) is 24.1 Å². The van der Waals surface area contributed by atoms with Gasteiger partial charge in [-0.25, -0.2) is 0 Å². The van der Waals surface area contributed by atoms with Gasteiger partial charge in [-0.1, -0.05) is 13.8 Å². The van der Waals surface area contributed by atoms with Crippen molar-refractivity contribution in [2.24, 2.45) is 5.41 Å². The van der Waals surface area contributed by atoms with Crippen molar-refractivity contribution in [3.05, 3.63) is 18.6 Å². The van der Waals surface area contributed by atoms with Crippen LogP contribution in [0.25, 0.3) is 0 Å². The molecule has 0 unspecified atom stereocenters. The maximum atomic E-state index is 5.56. The Morgan fingerprint density at radius 1 is 1.31 bits per heavy atom. The molecule has 3 nitrogen and oxygen atoms in total. The number of furan rings is 1. The second-order valence-electron chi connectivity index (χ2n) is 4.17. The van der Waals surface area contributed by atoms with E-state index in [0.29, 0.717) is 0 Å². The Hall–Kier alpha value is -0.735. The molecule has 0 bridgehead atoms. The smallest absolute Gasteiger partial charge is 0.473 e. The third kappa shape index (κ3) is 1.95. The zero-order chi connectivity index (χ0) is 9.31. The molecule has 0 N–H and O–H groups in total. The Kier molecular flexibility index (Phi) is 2.18. The first-order valence-electron chi connectivity index (χ1n) is 4.43. The predicted molar refractivity (Wildman–Crippen MR) is 49.8 cm³/mol. The first-order chi connectivity index (χ1) is 6.17. The van der Waals surface area contributed by atoms with Crippen LogP contribution in [0.1, 0.15) is 13.8 Å². The molecule has 1 fully saturated rings. The van der Waals surface area contributed by atoms with E-state index in [-0.39, 0.29) is 12.5 Å². The Bertz CT molecular complexity index is 258. The normalized spacial score (nSPS) is 21.8. The van der Waals surface area contributed by atoms with Gasteiger partial charge in [0.15, 0.2) is 0 Å². The van der Waals surface area contributed by atoms with Crippen molar-refractivity contribution >= 4 is 12.6 Å². The molecule has 1 aromatic rings. The van der Waals surface area contributed by atoms with Gasteiger partial charge in [-0.05, 0) is 6.07 Å². The molecule has 0 atom stereocenters. The van der Waals surface area contributed by atoms with Crippen molar-refractivity contribution in [3.8, 4) is 0 Å². The molecule has 2 heterocycles. The molecule has 4 heteroatoms. The van der Waals surface area contributed by atoms with Crippen LogP contribution in [-0.4, -0.2) is 20.3 Å². The van der Waals surface area contributed by atoms with Crippen molar-refractivity contribution in [3.63, 3.8) is 0 Å². The molecule has 70 valence electrons. The summed E-state index contributed by atoms with van der Waals surface area (Å²) in [4.78, 5) is 0. The van der Waals surface area contributed by atoms with Crippen LogP contribution in [-0.2, 0) is 9.31 Å². The van der Waals surface area contributed by atoms with Crippen LogP contribution < -0.4 is 5.46 Å². The highest BCUT2D eigenvalue weighted by Gasteiger charge is 2.33. The largest absolute Gasteiger partial charge is 0.497 e. The first kappa shape index (κ1) is 8.85. The van der Waals surface area contributed by atoms with Gasteiger partial charge in [-0.15, -0.1) is 0 Å². The highest BCUT2D eigenvalue weighted by atomic mass is 16.6. The molecule has 0 spiro atoms. The summed E-state index contributed by atoms with van der Waals surface area (Å²) in [6, 6.07) is 1.86. The molecule has 0 aliphatic carbocycles. The van der Waals surface area contributed by atoms with E-state index < -0.39 is 0 Å². The maximum absolute atomic E-state index is 5.56. The fourth-order valence-electron chi connectivity index (χ4n) is 1.29. The van der Waals surface area contributed by atoms with Gasteiger partial charge in [0.1, 0.15) is 0 Å². The lowest BCUT2D eigenvalue weighted by molar-refractivity contribution is 0.0342. The molecule has 1 aliphatic heterocycles. The van der Waals surface area contributed by atoms with Crippen LogP contribution >= 0.6 is 0 Å². The van der Waals surface area contributed by atoms with Gasteiger partial charge in [0.05, 0.1) is 12.5 Å². The molecule has 2 rings (SSSR count). The van der Waals surface area contributed by atoms with Crippen LogP contribution in [0.2, 0.25) is 0 Å². The minimum atomic E-state index is -0.244. The van der Waals surface area contributed by atoms with E-state index in [1.165, 1.54) is 0 Å². The SMILES string of the molecule is CC1(C)COB(c2ccoc2)OC1. The molecular formula is C9H13BO3.